The Labute approximate surface area is 78.4 Å². The van der Waals surface area contributed by atoms with Gasteiger partial charge in [0, 0.05) is 0 Å². The maximum Gasteiger partial charge on any atom is 0.122 e. The molecule has 1 rings (SSSR count). The Morgan fingerprint density at radius 3 is 2.69 bits per heavy atom. The molecular weight excluding hydrogens is 166 g/mol. The van der Waals surface area contributed by atoms with Crippen molar-refractivity contribution in [1.82, 2.24) is 0 Å². The summed E-state index contributed by atoms with van der Waals surface area (Å²) in [6, 6.07) is 5.97. The van der Waals surface area contributed by atoms with E-state index in [2.05, 4.69) is 17.8 Å². The summed E-state index contributed by atoms with van der Waals surface area (Å²) in [6.45, 7) is 4.99. The van der Waals surface area contributed by atoms with E-state index in [0.717, 1.165) is 5.75 Å². The van der Waals surface area contributed by atoms with Crippen LogP contribution in [0.3, 0.4) is 0 Å². The Morgan fingerprint density at radius 2 is 2.00 bits per heavy atom. The Balaban J connectivity index is 2.61. The van der Waals surface area contributed by atoms with Gasteiger partial charge in [0.15, 0.2) is 0 Å². The van der Waals surface area contributed by atoms with Crippen LogP contribution in [-0.4, -0.2) is 13.2 Å². The van der Waals surface area contributed by atoms with Gasteiger partial charge in [-0.05, 0) is 31.0 Å². The molecule has 0 saturated heterocycles. The highest BCUT2D eigenvalue weighted by Crippen LogP contribution is 2.20. The van der Waals surface area contributed by atoms with Crippen LogP contribution in [0.25, 0.3) is 0 Å². The molecule has 72 valence electrons. The monoisotopic (exact) mass is 181 g/mol. The number of ether oxygens (including phenoxy) is 1. The molecule has 0 amide bonds. The van der Waals surface area contributed by atoms with Crippen molar-refractivity contribution >= 4 is 0 Å². The zero-order valence-electron chi connectivity index (χ0n) is 8.04. The average Bonchev–Trinajstić information content (AvgIpc) is 2.13. The van der Waals surface area contributed by atoms with Crippen LogP contribution in [0.5, 0.6) is 5.75 Å². The van der Waals surface area contributed by atoms with E-state index in [4.69, 9.17) is 10.6 Å². The molecular formula is C10H15NO2. The Morgan fingerprint density at radius 1 is 1.23 bits per heavy atom. The van der Waals surface area contributed by atoms with Crippen LogP contribution in [0.15, 0.2) is 18.2 Å². The van der Waals surface area contributed by atoms with Crippen LogP contribution in [0.1, 0.15) is 11.1 Å². The van der Waals surface area contributed by atoms with Crippen molar-refractivity contribution in [1.29, 1.82) is 0 Å². The first-order chi connectivity index (χ1) is 6.25. The molecule has 1 aromatic rings. The van der Waals surface area contributed by atoms with Crippen molar-refractivity contribution < 1.29 is 9.57 Å². The molecule has 0 aliphatic heterocycles. The summed E-state index contributed by atoms with van der Waals surface area (Å²) < 4.78 is 5.45. The second-order valence-electron chi connectivity index (χ2n) is 2.92. The molecule has 0 heterocycles. The highest BCUT2D eigenvalue weighted by atomic mass is 16.6. The molecule has 3 heteroatoms. The van der Waals surface area contributed by atoms with Crippen LogP contribution >= 0.6 is 0 Å². The number of aryl methyl sites for hydroxylation is 1. The molecule has 0 unspecified atom stereocenters. The fourth-order valence-corrected chi connectivity index (χ4v) is 1.08. The van der Waals surface area contributed by atoms with E-state index in [-0.39, 0.29) is 0 Å². The summed E-state index contributed by atoms with van der Waals surface area (Å²) in [7, 11) is 0. The minimum absolute atomic E-state index is 0.410. The predicted octanol–water partition coefficient (Wildman–Crippen LogP) is 1.57. The lowest BCUT2D eigenvalue weighted by Crippen LogP contribution is -2.10. The number of hydrogen-bond acceptors (Lipinski definition) is 3. The van der Waals surface area contributed by atoms with Crippen molar-refractivity contribution in [3.8, 4) is 5.75 Å². The molecule has 0 aromatic heterocycles. The predicted molar refractivity (Wildman–Crippen MR) is 51.6 cm³/mol. The highest BCUT2D eigenvalue weighted by Gasteiger charge is 2.00. The first-order valence-corrected chi connectivity index (χ1v) is 4.26. The average molecular weight is 181 g/mol. The number of rotatable bonds is 4. The van der Waals surface area contributed by atoms with Crippen LogP contribution in [0.4, 0.5) is 0 Å². The molecule has 0 radical (unpaired) electrons. The lowest BCUT2D eigenvalue weighted by molar-refractivity contribution is 0.102. The maximum atomic E-state index is 5.45. The van der Waals surface area contributed by atoms with Gasteiger partial charge in [-0.2, -0.15) is 0 Å². The zero-order chi connectivity index (χ0) is 9.68. The summed E-state index contributed by atoms with van der Waals surface area (Å²) in [6.07, 6.45) is 0. The van der Waals surface area contributed by atoms with Crippen LogP contribution in [-0.2, 0) is 4.84 Å². The van der Waals surface area contributed by atoms with Crippen molar-refractivity contribution in [3.05, 3.63) is 29.3 Å². The number of nitrogens with two attached hydrogens (primary N) is 1. The Hall–Kier alpha value is -1.06. The van der Waals surface area contributed by atoms with E-state index in [1.165, 1.54) is 11.1 Å². The van der Waals surface area contributed by atoms with E-state index >= 15 is 0 Å². The van der Waals surface area contributed by atoms with Gasteiger partial charge in [0.1, 0.15) is 19.0 Å². The normalized spacial score (nSPS) is 10.1. The molecule has 13 heavy (non-hydrogen) atoms. The molecule has 0 aliphatic carbocycles. The fraction of sp³-hybridized carbons (Fsp3) is 0.400. The van der Waals surface area contributed by atoms with Crippen LogP contribution in [0, 0.1) is 13.8 Å². The molecule has 1 aromatic carbocycles. The second-order valence-corrected chi connectivity index (χ2v) is 2.92. The van der Waals surface area contributed by atoms with Crippen LogP contribution < -0.4 is 10.6 Å². The molecule has 0 saturated carbocycles. The van der Waals surface area contributed by atoms with E-state index in [1.54, 1.807) is 0 Å². The zero-order valence-corrected chi connectivity index (χ0v) is 8.04. The lowest BCUT2D eigenvalue weighted by Gasteiger charge is -2.09. The molecule has 0 spiro atoms. The number of benzene rings is 1. The van der Waals surface area contributed by atoms with Gasteiger partial charge in [0.25, 0.3) is 0 Å². The number of hydrogen-bond donors (Lipinski definition) is 1. The highest BCUT2D eigenvalue weighted by molar-refractivity contribution is 5.38. The van der Waals surface area contributed by atoms with Crippen LogP contribution in [0.2, 0.25) is 0 Å². The fourth-order valence-electron chi connectivity index (χ4n) is 1.08. The smallest absolute Gasteiger partial charge is 0.122 e. The third-order valence-electron chi connectivity index (χ3n) is 2.01. The molecule has 0 atom stereocenters. The van der Waals surface area contributed by atoms with Gasteiger partial charge < -0.3 is 9.57 Å². The van der Waals surface area contributed by atoms with Crippen molar-refractivity contribution in [2.75, 3.05) is 13.2 Å². The third kappa shape index (κ3) is 2.72. The van der Waals surface area contributed by atoms with Gasteiger partial charge in [0.2, 0.25) is 0 Å². The maximum absolute atomic E-state index is 5.45. The van der Waals surface area contributed by atoms with Crippen molar-refractivity contribution in [2.45, 2.75) is 13.8 Å². The van der Waals surface area contributed by atoms with Gasteiger partial charge in [0.05, 0.1) is 0 Å². The minimum Gasteiger partial charge on any atom is -0.491 e. The SMILES string of the molecule is Cc1cccc(OCCON)c1C. The van der Waals surface area contributed by atoms with E-state index < -0.39 is 0 Å². The molecule has 0 bridgehead atoms. The summed E-state index contributed by atoms with van der Waals surface area (Å²) in [5.41, 5.74) is 2.39. The largest absolute Gasteiger partial charge is 0.491 e. The first kappa shape index (κ1) is 10.0. The quantitative estimate of drug-likeness (QED) is 0.566. The Bertz CT molecular complexity index is 274. The minimum atomic E-state index is 0.410. The Kier molecular flexibility index (Phi) is 3.73. The third-order valence-corrected chi connectivity index (χ3v) is 2.01. The van der Waals surface area contributed by atoms with E-state index in [0.29, 0.717) is 13.2 Å². The van der Waals surface area contributed by atoms with Gasteiger partial charge in [-0.3, -0.25) is 0 Å². The topological polar surface area (TPSA) is 44.5 Å². The molecule has 3 nitrogen and oxygen atoms in total. The van der Waals surface area contributed by atoms with Gasteiger partial charge in [-0.25, -0.2) is 5.90 Å². The summed E-state index contributed by atoms with van der Waals surface area (Å²) in [5, 5.41) is 0. The van der Waals surface area contributed by atoms with Gasteiger partial charge >= 0.3 is 0 Å². The summed E-state index contributed by atoms with van der Waals surface area (Å²) in [4.78, 5) is 4.41. The standard InChI is InChI=1S/C10H15NO2/c1-8-4-3-5-10(9(8)2)12-6-7-13-11/h3-5H,6-7,11H2,1-2H3. The van der Waals surface area contributed by atoms with E-state index in [1.807, 2.05) is 19.1 Å². The van der Waals surface area contributed by atoms with Crippen molar-refractivity contribution in [2.24, 2.45) is 5.90 Å². The second kappa shape index (κ2) is 4.84. The van der Waals surface area contributed by atoms with E-state index in [9.17, 15) is 0 Å². The summed E-state index contributed by atoms with van der Waals surface area (Å²) in [5.74, 6) is 5.78. The van der Waals surface area contributed by atoms with Gasteiger partial charge in [-0.15, -0.1) is 0 Å². The molecule has 0 aliphatic rings. The summed E-state index contributed by atoms with van der Waals surface area (Å²) >= 11 is 0. The van der Waals surface area contributed by atoms with Crippen molar-refractivity contribution in [3.63, 3.8) is 0 Å². The lowest BCUT2D eigenvalue weighted by atomic mass is 10.1. The molecule has 0 fully saturated rings. The van der Waals surface area contributed by atoms with Gasteiger partial charge in [-0.1, -0.05) is 12.1 Å². The molecule has 2 N–H and O–H groups in total. The first-order valence-electron chi connectivity index (χ1n) is 4.26.